The van der Waals surface area contributed by atoms with Gasteiger partial charge in [-0.15, -0.1) is 23.2 Å². The van der Waals surface area contributed by atoms with Crippen LogP contribution in [0.5, 0.6) is 0 Å². The number of ketones is 1. The molecule has 0 bridgehead atoms. The molecule has 0 radical (unpaired) electrons. The van der Waals surface area contributed by atoms with Crippen LogP contribution in [-0.4, -0.2) is 16.5 Å². The van der Waals surface area contributed by atoms with Crippen LogP contribution in [0.3, 0.4) is 0 Å². The van der Waals surface area contributed by atoms with Gasteiger partial charge < -0.3 is 0 Å². The van der Waals surface area contributed by atoms with Gasteiger partial charge in [-0.25, -0.2) is 0 Å². The lowest BCUT2D eigenvalue weighted by Crippen LogP contribution is -2.27. The zero-order chi connectivity index (χ0) is 42.8. The molecule has 4 fully saturated rings. The predicted molar refractivity (Wildman–Crippen MR) is 256 cm³/mol. The van der Waals surface area contributed by atoms with Gasteiger partial charge in [-0.2, -0.15) is 10.5 Å². The molecule has 2 atom stereocenters. The molecule has 2 unspecified atom stereocenters. The Bertz CT molecular complexity index is 1950. The molecule has 4 aromatic carbocycles. The standard InChI is InChI=1S/C57H66Cl2N2O/c58-56(35-41-1-13-45(14-2-41)49-25-29-51(30-26-49)47-17-9-43(37-60)10-18-47)53-21-5-39(6-22-53)33-55(62)34-40-7-23-54(24-8-40)57(59)36-42-3-15-46(16-4-42)50-27-31-52(32-28-50)48-19-11-44(38-61)12-20-48/h9-12,17-20,25-32,39-42,45-46,53-54,56-57H,1-8,13-16,21-24,33-36H2/t39-,40?,41-,42-,45-,46-,53-,54?,56?,57?. The molecule has 0 amide bonds. The number of halogens is 2. The second-order valence-electron chi connectivity index (χ2n) is 20.1. The molecule has 4 saturated carbocycles. The van der Waals surface area contributed by atoms with E-state index in [1.165, 1.54) is 125 Å². The molecule has 0 saturated heterocycles. The van der Waals surface area contributed by atoms with Gasteiger partial charge in [0.2, 0.25) is 0 Å². The van der Waals surface area contributed by atoms with E-state index in [-0.39, 0.29) is 10.8 Å². The summed E-state index contributed by atoms with van der Waals surface area (Å²) in [4.78, 5) is 13.3. The van der Waals surface area contributed by atoms with Gasteiger partial charge in [0.25, 0.3) is 0 Å². The van der Waals surface area contributed by atoms with Crippen molar-refractivity contribution in [3.8, 4) is 34.4 Å². The number of rotatable bonds is 14. The Hall–Kier alpha value is -3.89. The summed E-state index contributed by atoms with van der Waals surface area (Å²) >= 11 is 14.3. The van der Waals surface area contributed by atoms with Gasteiger partial charge in [0, 0.05) is 23.6 Å². The van der Waals surface area contributed by atoms with Crippen LogP contribution in [0, 0.1) is 58.2 Å². The van der Waals surface area contributed by atoms with Gasteiger partial charge in [-0.3, -0.25) is 4.79 Å². The van der Waals surface area contributed by atoms with Crippen molar-refractivity contribution in [1.29, 1.82) is 10.5 Å². The number of nitriles is 2. The molecule has 0 aliphatic heterocycles. The summed E-state index contributed by atoms with van der Waals surface area (Å²) in [5.74, 6) is 5.53. The molecule has 0 heterocycles. The number of carbonyl (C=O) groups is 1. The molecule has 62 heavy (non-hydrogen) atoms. The van der Waals surface area contributed by atoms with E-state index in [1.807, 2.05) is 48.5 Å². The van der Waals surface area contributed by atoms with Gasteiger partial charge in [0.1, 0.15) is 5.78 Å². The maximum absolute atomic E-state index is 13.3. The molecule has 324 valence electrons. The molecular formula is C57H66Cl2N2O. The highest BCUT2D eigenvalue weighted by atomic mass is 35.5. The lowest BCUT2D eigenvalue weighted by atomic mass is 9.72. The third-order valence-electron chi connectivity index (χ3n) is 16.1. The molecule has 0 aromatic heterocycles. The SMILES string of the molecule is N#Cc1ccc(-c2ccc([C@H]3CC[C@H](CC(Cl)C4CCC(CC(=O)C[C@H]5CC[C@H](C(Cl)C[C@H]6CC[C@H](c7ccc(-c8ccc(C#N)cc8)cc7)CC6)CC5)CC4)CC3)cc2)cc1. The third-order valence-corrected chi connectivity index (χ3v) is 17.2. The summed E-state index contributed by atoms with van der Waals surface area (Å²) in [7, 11) is 0. The maximum Gasteiger partial charge on any atom is 0.133 e. The van der Waals surface area contributed by atoms with Crippen molar-refractivity contribution < 1.29 is 4.79 Å². The zero-order valence-corrected chi connectivity index (χ0v) is 38.2. The number of benzene rings is 4. The number of hydrogen-bond acceptors (Lipinski definition) is 3. The van der Waals surface area contributed by atoms with Crippen molar-refractivity contribution >= 4 is 29.0 Å². The van der Waals surface area contributed by atoms with Crippen molar-refractivity contribution in [2.75, 3.05) is 0 Å². The van der Waals surface area contributed by atoms with Crippen molar-refractivity contribution in [1.82, 2.24) is 0 Å². The van der Waals surface area contributed by atoms with Crippen LogP contribution >= 0.6 is 23.2 Å². The first kappa shape index (κ1) is 44.7. The lowest BCUT2D eigenvalue weighted by molar-refractivity contribution is -0.121. The minimum Gasteiger partial charge on any atom is -0.300 e. The van der Waals surface area contributed by atoms with E-state index in [4.69, 9.17) is 33.7 Å². The Morgan fingerprint density at radius 3 is 1.03 bits per heavy atom. The Kier molecular flexibility index (Phi) is 15.6. The van der Waals surface area contributed by atoms with Crippen LogP contribution in [0.25, 0.3) is 22.3 Å². The summed E-state index contributed by atoms with van der Waals surface area (Å²) < 4.78 is 0. The fraction of sp³-hybridized carbons (Fsp3) is 0.526. The van der Waals surface area contributed by atoms with E-state index in [1.54, 1.807) is 0 Å². The van der Waals surface area contributed by atoms with E-state index in [0.29, 0.717) is 52.4 Å². The van der Waals surface area contributed by atoms with Crippen LogP contribution in [0.4, 0.5) is 0 Å². The number of alkyl halides is 2. The van der Waals surface area contributed by atoms with Crippen LogP contribution in [-0.2, 0) is 4.79 Å². The van der Waals surface area contributed by atoms with Crippen molar-refractivity contribution in [3.05, 3.63) is 119 Å². The van der Waals surface area contributed by atoms with E-state index in [9.17, 15) is 4.79 Å². The molecule has 4 aromatic rings. The average molecular weight is 866 g/mol. The van der Waals surface area contributed by atoms with Crippen molar-refractivity contribution in [2.45, 2.75) is 151 Å². The predicted octanol–water partition coefficient (Wildman–Crippen LogP) is 16.0. The molecule has 3 nitrogen and oxygen atoms in total. The average Bonchev–Trinajstić information content (AvgIpc) is 3.32. The van der Waals surface area contributed by atoms with E-state index in [0.717, 1.165) is 48.6 Å². The highest BCUT2D eigenvalue weighted by Gasteiger charge is 2.33. The summed E-state index contributed by atoms with van der Waals surface area (Å²) in [5.41, 5.74) is 9.03. The van der Waals surface area contributed by atoms with Crippen LogP contribution in [0.15, 0.2) is 97.1 Å². The lowest BCUT2D eigenvalue weighted by Gasteiger charge is -2.35. The Balaban J connectivity index is 0.676. The molecule has 5 heteroatoms. The fourth-order valence-corrected chi connectivity index (χ4v) is 13.1. The zero-order valence-electron chi connectivity index (χ0n) is 36.7. The van der Waals surface area contributed by atoms with Crippen LogP contribution in [0.1, 0.15) is 163 Å². The number of Topliss-reactive ketones (excluding diaryl/α,β-unsaturated/α-hetero) is 1. The summed E-state index contributed by atoms with van der Waals surface area (Å²) in [6.45, 7) is 0. The van der Waals surface area contributed by atoms with Crippen LogP contribution < -0.4 is 0 Å². The smallest absolute Gasteiger partial charge is 0.133 e. The molecular weight excluding hydrogens is 800 g/mol. The van der Waals surface area contributed by atoms with Gasteiger partial charge in [-0.1, -0.05) is 72.8 Å². The van der Waals surface area contributed by atoms with Crippen molar-refractivity contribution in [3.63, 3.8) is 0 Å². The van der Waals surface area contributed by atoms with E-state index < -0.39 is 0 Å². The fourth-order valence-electron chi connectivity index (χ4n) is 12.1. The van der Waals surface area contributed by atoms with Crippen LogP contribution in [0.2, 0.25) is 0 Å². The minimum absolute atomic E-state index is 0.265. The van der Waals surface area contributed by atoms with E-state index >= 15 is 0 Å². The summed E-state index contributed by atoms with van der Waals surface area (Å²) in [6, 6.07) is 38.3. The second-order valence-corrected chi connectivity index (χ2v) is 21.2. The highest BCUT2D eigenvalue weighted by molar-refractivity contribution is 6.21. The Labute approximate surface area is 382 Å². The molecule has 0 N–H and O–H groups in total. The van der Waals surface area contributed by atoms with E-state index in [2.05, 4.69) is 60.7 Å². The topological polar surface area (TPSA) is 64.7 Å². The monoisotopic (exact) mass is 864 g/mol. The number of carbonyl (C=O) groups excluding carboxylic acids is 1. The molecule has 4 aliphatic carbocycles. The summed E-state index contributed by atoms with van der Waals surface area (Å²) in [6.07, 6.45) is 23.3. The molecule has 0 spiro atoms. The Morgan fingerprint density at radius 1 is 0.435 bits per heavy atom. The first-order valence-corrected chi connectivity index (χ1v) is 25.2. The molecule has 8 rings (SSSR count). The largest absolute Gasteiger partial charge is 0.300 e. The first-order chi connectivity index (χ1) is 30.3. The first-order valence-electron chi connectivity index (χ1n) is 24.3. The minimum atomic E-state index is 0.265. The van der Waals surface area contributed by atoms with Crippen molar-refractivity contribution in [2.24, 2.45) is 35.5 Å². The van der Waals surface area contributed by atoms with Gasteiger partial charge in [-0.05, 0) is 221 Å². The normalized spacial score (nSPS) is 27.6. The molecule has 4 aliphatic rings. The summed E-state index contributed by atoms with van der Waals surface area (Å²) in [5, 5.41) is 18.7. The second kappa shape index (κ2) is 21.7. The third kappa shape index (κ3) is 11.8. The van der Waals surface area contributed by atoms with Gasteiger partial charge >= 0.3 is 0 Å². The maximum atomic E-state index is 13.3. The van der Waals surface area contributed by atoms with Gasteiger partial charge in [0.05, 0.1) is 23.3 Å². The highest BCUT2D eigenvalue weighted by Crippen LogP contribution is 2.44. The van der Waals surface area contributed by atoms with Gasteiger partial charge in [0.15, 0.2) is 0 Å². The Morgan fingerprint density at radius 2 is 0.726 bits per heavy atom. The number of hydrogen-bond donors (Lipinski definition) is 0. The number of nitrogens with zero attached hydrogens (tertiary/aromatic N) is 2. The quantitative estimate of drug-likeness (QED) is 0.119.